The van der Waals surface area contributed by atoms with Gasteiger partial charge in [0.25, 0.3) is 0 Å². The second-order valence-corrected chi connectivity index (χ2v) is 8.15. The van der Waals surface area contributed by atoms with Gasteiger partial charge < -0.3 is 23.6 Å². The van der Waals surface area contributed by atoms with Crippen molar-refractivity contribution in [1.29, 1.82) is 0 Å². The van der Waals surface area contributed by atoms with Crippen LogP contribution in [0.4, 0.5) is 0 Å². The molecule has 0 aliphatic heterocycles. The second kappa shape index (κ2) is 12.4. The Balaban J connectivity index is 1.33. The molecule has 37 heavy (non-hydrogen) atoms. The monoisotopic (exact) mass is 500 g/mol. The zero-order valence-corrected chi connectivity index (χ0v) is 21.0. The quantitative estimate of drug-likeness (QED) is 0.155. The Morgan fingerprint density at radius 2 is 1.57 bits per heavy atom. The van der Waals surface area contributed by atoms with Crippen molar-refractivity contribution in [2.45, 2.75) is 20.0 Å². The average molecular weight is 501 g/mol. The van der Waals surface area contributed by atoms with Crippen molar-refractivity contribution in [3.63, 3.8) is 0 Å². The Kier molecular flexibility index (Phi) is 8.54. The van der Waals surface area contributed by atoms with E-state index in [0.29, 0.717) is 23.8 Å². The second-order valence-electron chi connectivity index (χ2n) is 8.15. The first-order valence-electron chi connectivity index (χ1n) is 11.7. The van der Waals surface area contributed by atoms with E-state index < -0.39 is 0 Å². The fourth-order valence-electron chi connectivity index (χ4n) is 3.73. The molecule has 0 saturated carbocycles. The zero-order chi connectivity index (χ0) is 26.0. The van der Waals surface area contributed by atoms with Crippen LogP contribution in [0.25, 0.3) is 11.1 Å². The Morgan fingerprint density at radius 1 is 0.892 bits per heavy atom. The van der Waals surface area contributed by atoms with E-state index in [1.54, 1.807) is 0 Å². The summed E-state index contributed by atoms with van der Waals surface area (Å²) < 4.78 is 21.9. The molecular weight excluding hydrogens is 472 g/mol. The van der Waals surface area contributed by atoms with Gasteiger partial charge >= 0.3 is 5.97 Å². The highest BCUT2D eigenvalue weighted by molar-refractivity contribution is 6.01. The number of rotatable bonds is 11. The highest BCUT2D eigenvalue weighted by Gasteiger charge is 2.18. The lowest BCUT2D eigenvalue weighted by Gasteiger charge is -2.10. The van der Waals surface area contributed by atoms with Crippen molar-refractivity contribution in [2.75, 3.05) is 20.8 Å². The number of hydrogen-bond acceptors (Lipinski definition) is 8. The van der Waals surface area contributed by atoms with Crippen molar-refractivity contribution >= 4 is 11.7 Å². The molecule has 190 valence electrons. The summed E-state index contributed by atoms with van der Waals surface area (Å²) in [7, 11) is 2.86. The van der Waals surface area contributed by atoms with Crippen molar-refractivity contribution < 1.29 is 28.4 Å². The smallest absolute Gasteiger partial charge is 0.313 e. The molecule has 0 N–H and O–H groups in total. The van der Waals surface area contributed by atoms with Crippen molar-refractivity contribution in [2.24, 2.45) is 5.16 Å². The molecular formula is C29H28N2O6. The number of benzene rings is 3. The number of hydrogen-bond donors (Lipinski definition) is 0. The summed E-state index contributed by atoms with van der Waals surface area (Å²) in [5, 5.41) is 8.08. The van der Waals surface area contributed by atoms with Crippen molar-refractivity contribution in [3.05, 3.63) is 101 Å². The Hall–Kier alpha value is -4.59. The lowest BCUT2D eigenvalue weighted by atomic mass is 10.0. The highest BCUT2D eigenvalue weighted by Crippen LogP contribution is 2.29. The summed E-state index contributed by atoms with van der Waals surface area (Å²) in [5.41, 5.74) is 5.04. The molecule has 0 radical (unpaired) electrons. The van der Waals surface area contributed by atoms with Gasteiger partial charge in [-0.1, -0.05) is 64.9 Å². The number of methoxy groups -OCH3 is 1. The van der Waals surface area contributed by atoms with Gasteiger partial charge in [-0.3, -0.25) is 4.79 Å². The van der Waals surface area contributed by atoms with Crippen LogP contribution < -0.4 is 9.47 Å². The fraction of sp³-hybridized carbons (Fsp3) is 0.207. The minimum atomic E-state index is -0.381. The maximum Gasteiger partial charge on any atom is 0.313 e. The van der Waals surface area contributed by atoms with Gasteiger partial charge in [0.05, 0.1) is 12.8 Å². The average Bonchev–Trinajstić information content (AvgIpc) is 3.30. The normalized spacial score (nSPS) is 11.2. The maximum absolute atomic E-state index is 11.7. The molecule has 0 saturated heterocycles. The van der Waals surface area contributed by atoms with E-state index in [-0.39, 0.29) is 19.0 Å². The molecule has 0 aliphatic carbocycles. The van der Waals surface area contributed by atoms with E-state index in [9.17, 15) is 4.79 Å². The first-order valence-corrected chi connectivity index (χ1v) is 11.7. The molecule has 0 aliphatic rings. The molecule has 0 bridgehead atoms. The molecule has 0 spiro atoms. The van der Waals surface area contributed by atoms with Gasteiger partial charge in [0.2, 0.25) is 0 Å². The molecule has 1 heterocycles. The van der Waals surface area contributed by atoms with Gasteiger partial charge in [-0.15, -0.1) is 0 Å². The van der Waals surface area contributed by atoms with Gasteiger partial charge in [0.15, 0.2) is 5.76 Å². The number of ether oxygens (including phenoxy) is 3. The molecule has 4 rings (SSSR count). The third-order valence-corrected chi connectivity index (χ3v) is 5.62. The first kappa shape index (κ1) is 25.5. The third-order valence-electron chi connectivity index (χ3n) is 5.62. The van der Waals surface area contributed by atoms with E-state index in [1.807, 2.05) is 85.8 Å². The molecule has 0 fully saturated rings. The number of aromatic nitrogens is 1. The molecule has 1 aromatic heterocycles. The SMILES string of the molecule is CO/N=C(/COc1ccc(COc2ccc(-c3c(C)noc3CC(=O)OC)cc2)cc1)c1ccccc1. The van der Waals surface area contributed by atoms with Crippen molar-refractivity contribution in [3.8, 4) is 22.6 Å². The van der Waals surface area contributed by atoms with Gasteiger partial charge in [0.1, 0.15) is 44.0 Å². The van der Waals surface area contributed by atoms with Gasteiger partial charge in [-0.2, -0.15) is 0 Å². The van der Waals surface area contributed by atoms with E-state index >= 15 is 0 Å². The topological polar surface area (TPSA) is 92.4 Å². The van der Waals surface area contributed by atoms with Gasteiger partial charge in [-0.05, 0) is 42.3 Å². The van der Waals surface area contributed by atoms with Crippen LogP contribution in [0.1, 0.15) is 22.6 Å². The van der Waals surface area contributed by atoms with Gasteiger partial charge in [0, 0.05) is 11.1 Å². The van der Waals surface area contributed by atoms with Crippen LogP contribution in [-0.4, -0.2) is 37.7 Å². The lowest BCUT2D eigenvalue weighted by Crippen LogP contribution is -2.13. The molecule has 0 atom stereocenters. The number of oxime groups is 1. The number of esters is 1. The minimum absolute atomic E-state index is 0.0252. The van der Waals surface area contributed by atoms with Crippen LogP contribution in [0.15, 0.2) is 88.5 Å². The number of nitrogens with zero attached hydrogens (tertiary/aromatic N) is 2. The van der Waals surface area contributed by atoms with Gasteiger partial charge in [-0.25, -0.2) is 0 Å². The number of carbonyl (C=O) groups is 1. The summed E-state index contributed by atoms with van der Waals surface area (Å²) in [5.74, 6) is 1.54. The predicted molar refractivity (Wildman–Crippen MR) is 139 cm³/mol. The van der Waals surface area contributed by atoms with Crippen LogP contribution in [0.2, 0.25) is 0 Å². The standard InChI is InChI=1S/C29H28N2O6/c1-20-29(27(37-30-20)17-28(32)33-2)23-11-15-25(16-12-23)35-18-21-9-13-24(14-10-21)36-19-26(31-34-3)22-7-5-4-6-8-22/h4-16H,17-19H2,1-3H3/b31-26-. The molecule has 8 nitrogen and oxygen atoms in total. The first-order chi connectivity index (χ1) is 18.1. The summed E-state index contributed by atoms with van der Waals surface area (Å²) in [6, 6.07) is 25.1. The molecule has 0 unspecified atom stereocenters. The van der Waals surface area contributed by atoms with Crippen LogP contribution in [0, 0.1) is 6.92 Å². The highest BCUT2D eigenvalue weighted by atomic mass is 16.6. The summed E-state index contributed by atoms with van der Waals surface area (Å²) >= 11 is 0. The molecule has 3 aromatic carbocycles. The van der Waals surface area contributed by atoms with Crippen LogP contribution >= 0.6 is 0 Å². The van der Waals surface area contributed by atoms with E-state index in [2.05, 4.69) is 10.3 Å². The van der Waals surface area contributed by atoms with E-state index in [0.717, 1.165) is 33.8 Å². The lowest BCUT2D eigenvalue weighted by molar-refractivity contribution is -0.140. The van der Waals surface area contributed by atoms with E-state index in [1.165, 1.54) is 14.2 Å². The van der Waals surface area contributed by atoms with Crippen LogP contribution in [-0.2, 0) is 27.4 Å². The Bertz CT molecular complexity index is 1330. The van der Waals surface area contributed by atoms with Crippen LogP contribution in [0.5, 0.6) is 11.5 Å². The largest absolute Gasteiger partial charge is 0.489 e. The molecule has 0 amide bonds. The van der Waals surface area contributed by atoms with E-state index in [4.69, 9.17) is 23.6 Å². The minimum Gasteiger partial charge on any atom is -0.489 e. The van der Waals surface area contributed by atoms with Crippen molar-refractivity contribution in [1.82, 2.24) is 5.16 Å². The maximum atomic E-state index is 11.7. The van der Waals surface area contributed by atoms with Crippen LogP contribution in [0.3, 0.4) is 0 Å². The zero-order valence-electron chi connectivity index (χ0n) is 21.0. The predicted octanol–water partition coefficient (Wildman–Crippen LogP) is 5.37. The summed E-state index contributed by atoms with van der Waals surface area (Å²) in [6.07, 6.45) is 0.0252. The number of carbonyl (C=O) groups excluding carboxylic acids is 1. The Morgan fingerprint density at radius 3 is 2.24 bits per heavy atom. The summed E-state index contributed by atoms with van der Waals surface area (Å²) in [6.45, 7) is 2.53. The Labute approximate surface area is 215 Å². The number of aryl methyl sites for hydroxylation is 1. The third kappa shape index (κ3) is 6.76. The fourth-order valence-corrected chi connectivity index (χ4v) is 3.73. The molecule has 4 aromatic rings. The summed E-state index contributed by atoms with van der Waals surface area (Å²) in [4.78, 5) is 16.6. The molecule has 8 heteroatoms.